The minimum Gasteiger partial charge on any atom is -0.497 e. The highest BCUT2D eigenvalue weighted by Gasteiger charge is 2.31. The maximum Gasteiger partial charge on any atom is 0.573 e. The molecule has 2 aromatic carbocycles. The van der Waals surface area contributed by atoms with Gasteiger partial charge in [-0.15, -0.1) is 13.2 Å². The van der Waals surface area contributed by atoms with Crippen molar-refractivity contribution < 1.29 is 37.3 Å². The van der Waals surface area contributed by atoms with E-state index >= 15 is 0 Å². The van der Waals surface area contributed by atoms with Crippen LogP contribution in [-0.4, -0.2) is 42.5 Å². The Labute approximate surface area is 170 Å². The molecular formula is C20H21F3N2O5. The molecule has 0 saturated heterocycles. The van der Waals surface area contributed by atoms with Gasteiger partial charge in [-0.2, -0.15) is 0 Å². The van der Waals surface area contributed by atoms with Gasteiger partial charge in [0.1, 0.15) is 11.5 Å². The van der Waals surface area contributed by atoms with Crippen molar-refractivity contribution in [2.45, 2.75) is 25.3 Å². The molecule has 0 heterocycles. The largest absolute Gasteiger partial charge is 0.573 e. The molecule has 30 heavy (non-hydrogen) atoms. The number of nitrogens with one attached hydrogen (secondary N) is 2. The summed E-state index contributed by atoms with van der Waals surface area (Å²) in [7, 11) is 1.54. The molecule has 2 amide bonds. The number of rotatable bonds is 7. The Morgan fingerprint density at radius 3 is 2.07 bits per heavy atom. The van der Waals surface area contributed by atoms with E-state index in [4.69, 9.17) is 4.74 Å². The van der Waals surface area contributed by atoms with E-state index in [1.165, 1.54) is 14.0 Å². The standard InChI is InChI=1S/C20H21F3N2O5/c1-19(28,11-13-3-7-15(29-2)8-4-13)12-24-17(26)18(27)25-14-5-9-16(10-6-14)30-20(21,22)23/h3-10,28H,11-12H2,1-2H3,(H,24,26)(H,25,27). The molecule has 0 bridgehead atoms. The lowest BCUT2D eigenvalue weighted by atomic mass is 9.96. The van der Waals surface area contributed by atoms with Gasteiger partial charge in [0.2, 0.25) is 0 Å². The van der Waals surface area contributed by atoms with Gasteiger partial charge in [-0.05, 0) is 48.9 Å². The van der Waals surface area contributed by atoms with Crippen LogP contribution >= 0.6 is 0 Å². The van der Waals surface area contributed by atoms with Crippen LogP contribution in [0, 0.1) is 0 Å². The molecular weight excluding hydrogens is 405 g/mol. The minimum absolute atomic E-state index is 0.106. The van der Waals surface area contributed by atoms with Crippen LogP contribution in [-0.2, 0) is 16.0 Å². The van der Waals surface area contributed by atoms with Crippen molar-refractivity contribution in [2.75, 3.05) is 19.0 Å². The van der Waals surface area contributed by atoms with Gasteiger partial charge in [-0.1, -0.05) is 12.1 Å². The number of hydrogen-bond acceptors (Lipinski definition) is 5. The van der Waals surface area contributed by atoms with Gasteiger partial charge in [0.25, 0.3) is 0 Å². The Hall–Kier alpha value is -3.27. The number of halogens is 3. The third-order valence-electron chi connectivity index (χ3n) is 3.93. The average Bonchev–Trinajstić information content (AvgIpc) is 2.67. The number of carbonyl (C=O) groups is 2. The molecule has 10 heteroatoms. The maximum absolute atomic E-state index is 12.1. The molecule has 1 unspecified atom stereocenters. The van der Waals surface area contributed by atoms with E-state index in [0.29, 0.717) is 5.75 Å². The van der Waals surface area contributed by atoms with Crippen LogP contribution in [0.25, 0.3) is 0 Å². The Balaban J connectivity index is 1.85. The molecule has 7 nitrogen and oxygen atoms in total. The van der Waals surface area contributed by atoms with E-state index in [9.17, 15) is 27.9 Å². The van der Waals surface area contributed by atoms with Gasteiger partial charge in [0.05, 0.1) is 12.7 Å². The van der Waals surface area contributed by atoms with Crippen molar-refractivity contribution in [3.05, 3.63) is 54.1 Å². The number of carbonyl (C=O) groups excluding carboxylic acids is 2. The molecule has 2 rings (SSSR count). The van der Waals surface area contributed by atoms with Gasteiger partial charge < -0.3 is 25.2 Å². The highest BCUT2D eigenvalue weighted by molar-refractivity contribution is 6.39. The van der Waals surface area contributed by atoms with Crippen molar-refractivity contribution in [1.82, 2.24) is 5.32 Å². The summed E-state index contributed by atoms with van der Waals surface area (Å²) < 4.78 is 45.2. The van der Waals surface area contributed by atoms with E-state index in [-0.39, 0.29) is 18.7 Å². The summed E-state index contributed by atoms with van der Waals surface area (Å²) in [5.41, 5.74) is -0.406. The first-order valence-electron chi connectivity index (χ1n) is 8.78. The van der Waals surface area contributed by atoms with Crippen molar-refractivity contribution in [3.8, 4) is 11.5 Å². The fourth-order valence-corrected chi connectivity index (χ4v) is 2.52. The Morgan fingerprint density at radius 2 is 1.53 bits per heavy atom. The third-order valence-corrected chi connectivity index (χ3v) is 3.93. The summed E-state index contributed by atoms with van der Waals surface area (Å²) in [5.74, 6) is -1.82. The molecule has 0 radical (unpaired) electrons. The monoisotopic (exact) mass is 426 g/mol. The predicted molar refractivity (Wildman–Crippen MR) is 102 cm³/mol. The maximum atomic E-state index is 12.1. The molecule has 0 fully saturated rings. The lowest BCUT2D eigenvalue weighted by Crippen LogP contribution is -2.45. The fourth-order valence-electron chi connectivity index (χ4n) is 2.52. The number of alkyl halides is 3. The summed E-state index contributed by atoms with van der Waals surface area (Å²) in [6, 6.07) is 11.3. The van der Waals surface area contributed by atoms with Crippen LogP contribution in [0.2, 0.25) is 0 Å². The zero-order chi connectivity index (χ0) is 22.4. The molecule has 0 spiro atoms. The van der Waals surface area contributed by atoms with Crippen molar-refractivity contribution in [2.24, 2.45) is 0 Å². The first-order valence-corrected chi connectivity index (χ1v) is 8.78. The van der Waals surface area contributed by atoms with Gasteiger partial charge in [-0.3, -0.25) is 9.59 Å². The van der Waals surface area contributed by atoms with Crippen LogP contribution in [0.3, 0.4) is 0 Å². The first-order chi connectivity index (χ1) is 14.0. The van der Waals surface area contributed by atoms with E-state index in [1.54, 1.807) is 24.3 Å². The quantitative estimate of drug-likeness (QED) is 0.592. The number of anilines is 1. The second kappa shape index (κ2) is 9.49. The number of ether oxygens (including phenoxy) is 2. The van der Waals surface area contributed by atoms with Gasteiger partial charge in [0, 0.05) is 18.7 Å². The van der Waals surface area contributed by atoms with Crippen LogP contribution in [0.5, 0.6) is 11.5 Å². The molecule has 1 atom stereocenters. The summed E-state index contributed by atoms with van der Waals surface area (Å²) in [6.45, 7) is 1.32. The van der Waals surface area contributed by atoms with Crippen molar-refractivity contribution >= 4 is 17.5 Å². The first kappa shape index (κ1) is 23.0. The van der Waals surface area contributed by atoms with Gasteiger partial charge in [-0.25, -0.2) is 0 Å². The zero-order valence-electron chi connectivity index (χ0n) is 16.2. The summed E-state index contributed by atoms with van der Waals surface area (Å²) in [5, 5.41) is 15.0. The predicted octanol–water partition coefficient (Wildman–Crippen LogP) is 2.64. The van der Waals surface area contributed by atoms with Gasteiger partial charge in [0.15, 0.2) is 0 Å². The summed E-state index contributed by atoms with van der Waals surface area (Å²) in [6.07, 6.45) is -4.60. The van der Waals surface area contributed by atoms with Gasteiger partial charge >= 0.3 is 18.2 Å². The van der Waals surface area contributed by atoms with Crippen LogP contribution in [0.1, 0.15) is 12.5 Å². The number of methoxy groups -OCH3 is 1. The van der Waals surface area contributed by atoms with E-state index in [0.717, 1.165) is 29.8 Å². The number of hydrogen-bond donors (Lipinski definition) is 3. The van der Waals surface area contributed by atoms with E-state index in [2.05, 4.69) is 15.4 Å². The molecule has 162 valence electrons. The Morgan fingerprint density at radius 1 is 0.967 bits per heavy atom. The zero-order valence-corrected chi connectivity index (χ0v) is 16.2. The molecule has 0 aliphatic heterocycles. The molecule has 0 aliphatic carbocycles. The molecule has 0 aromatic heterocycles. The Kier molecular flexibility index (Phi) is 7.28. The Bertz CT molecular complexity index is 866. The van der Waals surface area contributed by atoms with Crippen LogP contribution < -0.4 is 20.1 Å². The average molecular weight is 426 g/mol. The molecule has 0 saturated carbocycles. The normalized spacial score (nSPS) is 13.1. The summed E-state index contributed by atoms with van der Waals surface area (Å²) in [4.78, 5) is 23.9. The summed E-state index contributed by atoms with van der Waals surface area (Å²) >= 11 is 0. The number of benzene rings is 2. The SMILES string of the molecule is COc1ccc(CC(C)(O)CNC(=O)C(=O)Nc2ccc(OC(F)(F)F)cc2)cc1. The lowest BCUT2D eigenvalue weighted by molar-refractivity contribution is -0.274. The second-order valence-corrected chi connectivity index (χ2v) is 6.73. The second-order valence-electron chi connectivity index (χ2n) is 6.73. The third kappa shape index (κ3) is 7.63. The molecule has 0 aliphatic rings. The van der Waals surface area contributed by atoms with Crippen LogP contribution in [0.15, 0.2) is 48.5 Å². The molecule has 3 N–H and O–H groups in total. The minimum atomic E-state index is -4.83. The number of aliphatic hydroxyl groups is 1. The van der Waals surface area contributed by atoms with E-state index in [1.807, 2.05) is 0 Å². The highest BCUT2D eigenvalue weighted by atomic mass is 19.4. The van der Waals surface area contributed by atoms with Crippen molar-refractivity contribution in [1.29, 1.82) is 0 Å². The smallest absolute Gasteiger partial charge is 0.497 e. The number of amides is 2. The lowest BCUT2D eigenvalue weighted by Gasteiger charge is -2.23. The topological polar surface area (TPSA) is 96.9 Å². The fraction of sp³-hybridized carbons (Fsp3) is 0.300. The van der Waals surface area contributed by atoms with Crippen LogP contribution in [0.4, 0.5) is 18.9 Å². The van der Waals surface area contributed by atoms with E-state index < -0.39 is 29.5 Å². The van der Waals surface area contributed by atoms with Crippen molar-refractivity contribution in [3.63, 3.8) is 0 Å². The molecule has 2 aromatic rings. The highest BCUT2D eigenvalue weighted by Crippen LogP contribution is 2.24.